The number of nitro groups is 1. The zero-order valence-electron chi connectivity index (χ0n) is 11.5. The van der Waals surface area contributed by atoms with Crippen molar-refractivity contribution < 1.29 is 19.2 Å². The van der Waals surface area contributed by atoms with Gasteiger partial charge in [0.25, 0.3) is 0 Å². The van der Waals surface area contributed by atoms with E-state index in [-0.39, 0.29) is 30.5 Å². The third kappa shape index (κ3) is 4.38. The Morgan fingerprint density at radius 3 is 2.77 bits per heavy atom. The Labute approximate surface area is 125 Å². The van der Waals surface area contributed by atoms with Crippen LogP contribution in [0, 0.1) is 15.9 Å². The summed E-state index contributed by atoms with van der Waals surface area (Å²) in [6.45, 7) is -0.0156. The summed E-state index contributed by atoms with van der Waals surface area (Å²) in [6, 6.07) is 8.15. The van der Waals surface area contributed by atoms with Crippen LogP contribution >= 0.6 is 0 Å². The minimum absolute atomic E-state index is 0.0268. The maximum atomic E-state index is 12.7. The highest BCUT2D eigenvalue weighted by molar-refractivity contribution is 5.55. The van der Waals surface area contributed by atoms with Crippen LogP contribution in [0.3, 0.4) is 0 Å². The number of aliphatic hydroxyl groups excluding tert-OH is 1. The second kappa shape index (κ2) is 7.32. The number of aliphatic hydroxyl groups is 1. The molecule has 0 spiro atoms. The average Bonchev–Trinajstić information content (AvgIpc) is 2.52. The fraction of sp³-hybridized carbons (Fsp3) is 0.214. The number of nitrogens with one attached hydrogen (secondary N) is 1. The molecule has 2 rings (SSSR count). The van der Waals surface area contributed by atoms with Gasteiger partial charge in [-0.2, -0.15) is 0 Å². The average molecular weight is 307 g/mol. The molecule has 0 aliphatic heterocycles. The van der Waals surface area contributed by atoms with E-state index >= 15 is 0 Å². The molecule has 0 saturated heterocycles. The summed E-state index contributed by atoms with van der Waals surface area (Å²) in [5, 5.41) is 23.3. The van der Waals surface area contributed by atoms with Gasteiger partial charge in [-0.15, -0.1) is 0 Å². The van der Waals surface area contributed by atoms with Crippen LogP contribution in [-0.4, -0.2) is 34.3 Å². The second-order valence-corrected chi connectivity index (χ2v) is 4.43. The van der Waals surface area contributed by atoms with Gasteiger partial charge in [0.2, 0.25) is 5.82 Å². The molecule has 22 heavy (non-hydrogen) atoms. The normalized spacial score (nSPS) is 11.7. The van der Waals surface area contributed by atoms with Gasteiger partial charge >= 0.3 is 5.69 Å². The maximum absolute atomic E-state index is 12.7. The van der Waals surface area contributed by atoms with Gasteiger partial charge < -0.3 is 15.2 Å². The minimum Gasteiger partial charge on any atom is -0.491 e. The summed E-state index contributed by atoms with van der Waals surface area (Å²) in [7, 11) is 0. The molecule has 1 atom stereocenters. The van der Waals surface area contributed by atoms with Crippen molar-refractivity contribution in [2.45, 2.75) is 6.10 Å². The molecule has 0 bridgehead atoms. The van der Waals surface area contributed by atoms with E-state index in [1.54, 1.807) is 0 Å². The summed E-state index contributed by atoms with van der Waals surface area (Å²) in [5.41, 5.74) is -0.172. The van der Waals surface area contributed by atoms with Gasteiger partial charge in [0.1, 0.15) is 24.3 Å². The summed E-state index contributed by atoms with van der Waals surface area (Å²) in [5.74, 6) is 0.120. The Morgan fingerprint density at radius 2 is 2.09 bits per heavy atom. The van der Waals surface area contributed by atoms with Crippen molar-refractivity contribution in [2.24, 2.45) is 0 Å². The van der Waals surface area contributed by atoms with Crippen molar-refractivity contribution in [1.82, 2.24) is 4.98 Å². The third-order valence-corrected chi connectivity index (χ3v) is 2.74. The summed E-state index contributed by atoms with van der Waals surface area (Å²) >= 11 is 0. The van der Waals surface area contributed by atoms with Crippen LogP contribution in [0.1, 0.15) is 0 Å². The molecule has 2 N–H and O–H groups in total. The first kappa shape index (κ1) is 15.6. The highest BCUT2D eigenvalue weighted by Crippen LogP contribution is 2.20. The van der Waals surface area contributed by atoms with Crippen molar-refractivity contribution in [3.8, 4) is 5.75 Å². The van der Waals surface area contributed by atoms with Crippen LogP contribution in [0.4, 0.5) is 15.9 Å². The van der Waals surface area contributed by atoms with Gasteiger partial charge in [0, 0.05) is 18.8 Å². The standard InChI is InChI=1S/C14H14FN3O4/c15-10-3-5-12(6-4-10)22-9-11(19)8-17-14-13(18(20)21)2-1-7-16-14/h1-7,11,19H,8-9H2,(H,16,17)/t11-/m0/s1. The zero-order valence-corrected chi connectivity index (χ0v) is 11.5. The van der Waals surface area contributed by atoms with E-state index in [1.807, 2.05) is 0 Å². The van der Waals surface area contributed by atoms with E-state index < -0.39 is 11.0 Å². The zero-order chi connectivity index (χ0) is 15.9. The Balaban J connectivity index is 1.84. The first-order valence-corrected chi connectivity index (χ1v) is 6.46. The van der Waals surface area contributed by atoms with Crippen LogP contribution < -0.4 is 10.1 Å². The molecule has 1 aromatic heterocycles. The molecule has 116 valence electrons. The first-order chi connectivity index (χ1) is 10.6. The van der Waals surface area contributed by atoms with Crippen LogP contribution in [0.15, 0.2) is 42.6 Å². The van der Waals surface area contributed by atoms with Gasteiger partial charge in [0.05, 0.1) is 4.92 Å². The van der Waals surface area contributed by atoms with Crippen LogP contribution in [0.25, 0.3) is 0 Å². The molecule has 8 heteroatoms. The van der Waals surface area contributed by atoms with Crippen LogP contribution in [-0.2, 0) is 0 Å². The SMILES string of the molecule is O=[N+]([O-])c1cccnc1NC[C@H](O)COc1ccc(F)cc1. The van der Waals surface area contributed by atoms with Crippen molar-refractivity contribution in [3.05, 3.63) is 58.5 Å². The fourth-order valence-corrected chi connectivity index (χ4v) is 1.68. The minimum atomic E-state index is -0.910. The maximum Gasteiger partial charge on any atom is 0.311 e. The number of anilines is 1. The highest BCUT2D eigenvalue weighted by Gasteiger charge is 2.15. The molecule has 0 fully saturated rings. The van der Waals surface area contributed by atoms with Gasteiger partial charge in [-0.05, 0) is 30.3 Å². The third-order valence-electron chi connectivity index (χ3n) is 2.74. The number of nitrogens with zero attached hydrogens (tertiary/aromatic N) is 2. The molecule has 0 aliphatic carbocycles. The molecule has 7 nitrogen and oxygen atoms in total. The van der Waals surface area contributed by atoms with E-state index in [0.29, 0.717) is 5.75 Å². The van der Waals surface area contributed by atoms with Crippen LogP contribution in [0.2, 0.25) is 0 Å². The molecule has 0 aliphatic rings. The molecular weight excluding hydrogens is 293 g/mol. The van der Waals surface area contributed by atoms with E-state index in [0.717, 1.165) is 0 Å². The molecule has 0 amide bonds. The van der Waals surface area contributed by atoms with E-state index in [9.17, 15) is 19.6 Å². The topological polar surface area (TPSA) is 97.5 Å². The van der Waals surface area contributed by atoms with E-state index in [1.165, 1.54) is 42.6 Å². The number of ether oxygens (including phenoxy) is 1. The van der Waals surface area contributed by atoms with Gasteiger partial charge in [-0.25, -0.2) is 9.37 Å². The van der Waals surface area contributed by atoms with E-state index in [2.05, 4.69) is 10.3 Å². The van der Waals surface area contributed by atoms with Crippen molar-refractivity contribution in [1.29, 1.82) is 0 Å². The number of aromatic nitrogens is 1. The lowest BCUT2D eigenvalue weighted by molar-refractivity contribution is -0.384. The quantitative estimate of drug-likeness (QED) is 0.599. The molecule has 0 radical (unpaired) electrons. The number of hydrogen-bond donors (Lipinski definition) is 2. The van der Waals surface area contributed by atoms with Gasteiger partial charge in [-0.3, -0.25) is 10.1 Å². The molecule has 0 saturated carbocycles. The Kier molecular flexibility index (Phi) is 5.21. The number of hydrogen-bond acceptors (Lipinski definition) is 6. The number of halogens is 1. The fourth-order valence-electron chi connectivity index (χ4n) is 1.68. The van der Waals surface area contributed by atoms with Crippen molar-refractivity contribution >= 4 is 11.5 Å². The lowest BCUT2D eigenvalue weighted by Gasteiger charge is -2.13. The number of benzene rings is 1. The highest BCUT2D eigenvalue weighted by atomic mass is 19.1. The monoisotopic (exact) mass is 307 g/mol. The predicted octanol–water partition coefficient (Wildman–Crippen LogP) is 1.98. The Hall–Kier alpha value is -2.74. The molecule has 1 heterocycles. The lowest BCUT2D eigenvalue weighted by atomic mass is 10.3. The van der Waals surface area contributed by atoms with Crippen molar-refractivity contribution in [2.75, 3.05) is 18.5 Å². The van der Waals surface area contributed by atoms with Gasteiger partial charge in [0.15, 0.2) is 0 Å². The number of rotatable bonds is 7. The Morgan fingerprint density at radius 1 is 1.36 bits per heavy atom. The van der Waals surface area contributed by atoms with E-state index in [4.69, 9.17) is 4.74 Å². The smallest absolute Gasteiger partial charge is 0.311 e. The second-order valence-electron chi connectivity index (χ2n) is 4.43. The molecule has 2 aromatic rings. The first-order valence-electron chi connectivity index (χ1n) is 6.46. The molecule has 0 unspecified atom stereocenters. The van der Waals surface area contributed by atoms with Gasteiger partial charge in [-0.1, -0.05) is 0 Å². The number of pyridine rings is 1. The molecular formula is C14H14FN3O4. The Bertz CT molecular complexity index is 636. The predicted molar refractivity (Wildman–Crippen MR) is 77.3 cm³/mol. The summed E-state index contributed by atoms with van der Waals surface area (Å²) in [4.78, 5) is 14.1. The summed E-state index contributed by atoms with van der Waals surface area (Å²) < 4.78 is 18.0. The van der Waals surface area contributed by atoms with Crippen molar-refractivity contribution in [3.63, 3.8) is 0 Å². The largest absolute Gasteiger partial charge is 0.491 e. The molecule has 1 aromatic carbocycles. The summed E-state index contributed by atoms with van der Waals surface area (Å²) in [6.07, 6.45) is 0.503. The lowest BCUT2D eigenvalue weighted by Crippen LogP contribution is -2.26. The van der Waals surface area contributed by atoms with Crippen LogP contribution in [0.5, 0.6) is 5.75 Å².